The minimum Gasteiger partial charge on any atom is -0.336 e. The molecular formula is C21H23N5O2S. The molecule has 2 amide bonds. The van der Waals surface area contributed by atoms with Gasteiger partial charge in [0.05, 0.1) is 22.6 Å². The maximum Gasteiger partial charge on any atom is 0.265 e. The zero-order chi connectivity index (χ0) is 20.5. The van der Waals surface area contributed by atoms with Crippen LogP contribution in [0.15, 0.2) is 30.5 Å². The van der Waals surface area contributed by atoms with Crippen LogP contribution in [0, 0.1) is 13.8 Å². The SMILES string of the molecule is CC(=O)Nc1ccc(-c2cnc3n2CCN(C(=O)c2sc(C)nc2C)CC3)cc1. The van der Waals surface area contributed by atoms with Crippen LogP contribution in [0.5, 0.6) is 0 Å². The number of aromatic nitrogens is 3. The van der Waals surface area contributed by atoms with E-state index >= 15 is 0 Å². The van der Waals surface area contributed by atoms with Crippen LogP contribution in [0.1, 0.15) is 33.1 Å². The molecule has 8 heteroatoms. The fraction of sp³-hybridized carbons (Fsp3) is 0.333. The van der Waals surface area contributed by atoms with E-state index in [1.54, 1.807) is 0 Å². The molecule has 3 aromatic rings. The smallest absolute Gasteiger partial charge is 0.265 e. The van der Waals surface area contributed by atoms with Gasteiger partial charge in [-0.05, 0) is 31.5 Å². The van der Waals surface area contributed by atoms with Gasteiger partial charge >= 0.3 is 0 Å². The van der Waals surface area contributed by atoms with Gasteiger partial charge < -0.3 is 14.8 Å². The fourth-order valence-electron chi connectivity index (χ4n) is 3.66. The van der Waals surface area contributed by atoms with Crippen molar-refractivity contribution in [3.63, 3.8) is 0 Å². The average Bonchev–Trinajstić information content (AvgIpc) is 3.16. The van der Waals surface area contributed by atoms with Crippen LogP contribution >= 0.6 is 11.3 Å². The topological polar surface area (TPSA) is 80.1 Å². The molecule has 0 atom stereocenters. The number of nitrogens with zero attached hydrogens (tertiary/aromatic N) is 4. The lowest BCUT2D eigenvalue weighted by Gasteiger charge is -2.19. The number of rotatable bonds is 3. The number of aryl methyl sites for hydroxylation is 2. The van der Waals surface area contributed by atoms with Crippen LogP contribution in [-0.4, -0.2) is 44.3 Å². The summed E-state index contributed by atoms with van der Waals surface area (Å²) in [7, 11) is 0. The number of hydrogen-bond acceptors (Lipinski definition) is 5. The van der Waals surface area contributed by atoms with E-state index in [1.807, 2.05) is 49.2 Å². The summed E-state index contributed by atoms with van der Waals surface area (Å²) >= 11 is 1.46. The lowest BCUT2D eigenvalue weighted by Crippen LogP contribution is -2.33. The molecule has 0 bridgehead atoms. The molecule has 1 N–H and O–H groups in total. The number of hydrogen-bond donors (Lipinski definition) is 1. The van der Waals surface area contributed by atoms with Crippen molar-refractivity contribution in [3.05, 3.63) is 51.9 Å². The number of amides is 2. The maximum absolute atomic E-state index is 13.0. The monoisotopic (exact) mass is 409 g/mol. The number of anilines is 1. The Balaban J connectivity index is 1.53. The van der Waals surface area contributed by atoms with E-state index in [9.17, 15) is 9.59 Å². The summed E-state index contributed by atoms with van der Waals surface area (Å²) in [5, 5.41) is 3.70. The molecule has 0 radical (unpaired) electrons. The third kappa shape index (κ3) is 3.93. The van der Waals surface area contributed by atoms with Crippen molar-refractivity contribution in [1.82, 2.24) is 19.4 Å². The van der Waals surface area contributed by atoms with Gasteiger partial charge in [-0.1, -0.05) is 12.1 Å². The van der Waals surface area contributed by atoms with Crippen molar-refractivity contribution in [2.75, 3.05) is 18.4 Å². The Bertz CT molecular complexity index is 1070. The van der Waals surface area contributed by atoms with Crippen LogP contribution < -0.4 is 5.32 Å². The van der Waals surface area contributed by atoms with Gasteiger partial charge in [-0.15, -0.1) is 11.3 Å². The standard InChI is InChI=1S/C21H23N5O2S/c1-13-20(29-15(3)23-13)21(28)25-9-8-19-22-12-18(26(19)11-10-25)16-4-6-17(7-5-16)24-14(2)27/h4-7,12H,8-11H2,1-3H3,(H,24,27). The number of thiazole rings is 1. The Hall–Kier alpha value is -3.00. The molecule has 0 saturated carbocycles. The summed E-state index contributed by atoms with van der Waals surface area (Å²) in [5.74, 6) is 0.950. The number of fused-ring (bicyclic) bond motifs is 1. The zero-order valence-electron chi connectivity index (χ0n) is 16.7. The minimum absolute atomic E-state index is 0.0556. The highest BCUT2D eigenvalue weighted by Gasteiger charge is 2.24. The first kappa shape index (κ1) is 19.3. The van der Waals surface area contributed by atoms with Crippen molar-refractivity contribution in [2.45, 2.75) is 33.7 Å². The van der Waals surface area contributed by atoms with Crippen molar-refractivity contribution in [2.24, 2.45) is 0 Å². The van der Waals surface area contributed by atoms with E-state index in [0.717, 1.165) is 38.3 Å². The lowest BCUT2D eigenvalue weighted by atomic mass is 10.1. The number of nitrogens with one attached hydrogen (secondary N) is 1. The second-order valence-electron chi connectivity index (χ2n) is 7.16. The number of benzene rings is 1. The molecule has 0 aliphatic carbocycles. The molecule has 29 heavy (non-hydrogen) atoms. The Morgan fingerprint density at radius 3 is 2.52 bits per heavy atom. The second-order valence-corrected chi connectivity index (χ2v) is 8.36. The summed E-state index contributed by atoms with van der Waals surface area (Å²) in [6.07, 6.45) is 2.60. The molecule has 4 rings (SSSR count). The van der Waals surface area contributed by atoms with Crippen LogP contribution in [0.3, 0.4) is 0 Å². The number of carbonyl (C=O) groups is 2. The highest BCUT2D eigenvalue weighted by Crippen LogP contribution is 2.26. The summed E-state index contributed by atoms with van der Waals surface area (Å²) < 4.78 is 2.19. The van der Waals surface area contributed by atoms with Crippen LogP contribution in [0.25, 0.3) is 11.3 Å². The van der Waals surface area contributed by atoms with Crippen LogP contribution in [0.4, 0.5) is 5.69 Å². The maximum atomic E-state index is 13.0. The third-order valence-electron chi connectivity index (χ3n) is 5.02. The fourth-order valence-corrected chi connectivity index (χ4v) is 4.55. The van der Waals surface area contributed by atoms with E-state index in [0.29, 0.717) is 26.1 Å². The molecule has 7 nitrogen and oxygen atoms in total. The molecule has 1 aliphatic heterocycles. The van der Waals surface area contributed by atoms with Gasteiger partial charge in [-0.3, -0.25) is 9.59 Å². The van der Waals surface area contributed by atoms with Gasteiger partial charge in [0.15, 0.2) is 0 Å². The van der Waals surface area contributed by atoms with Crippen LogP contribution in [0.2, 0.25) is 0 Å². The summed E-state index contributed by atoms with van der Waals surface area (Å²) in [4.78, 5) is 35.8. The van der Waals surface area contributed by atoms with Gasteiger partial charge in [-0.2, -0.15) is 0 Å². The number of imidazole rings is 1. The summed E-state index contributed by atoms with van der Waals surface area (Å²) in [5.41, 5.74) is 3.63. The van der Waals surface area contributed by atoms with Crippen molar-refractivity contribution in [1.29, 1.82) is 0 Å². The molecule has 0 saturated heterocycles. The predicted molar refractivity (Wildman–Crippen MR) is 113 cm³/mol. The van der Waals surface area contributed by atoms with Gasteiger partial charge in [0.2, 0.25) is 5.91 Å². The van der Waals surface area contributed by atoms with Crippen molar-refractivity contribution >= 4 is 28.8 Å². The molecule has 0 spiro atoms. The van der Waals surface area contributed by atoms with E-state index in [1.165, 1.54) is 18.3 Å². The molecular weight excluding hydrogens is 386 g/mol. The van der Waals surface area contributed by atoms with Crippen molar-refractivity contribution in [3.8, 4) is 11.3 Å². The average molecular weight is 410 g/mol. The van der Waals surface area contributed by atoms with E-state index in [-0.39, 0.29) is 11.8 Å². The summed E-state index contributed by atoms with van der Waals surface area (Å²) in [6.45, 7) is 7.29. The lowest BCUT2D eigenvalue weighted by molar-refractivity contribution is -0.114. The molecule has 2 aromatic heterocycles. The van der Waals surface area contributed by atoms with E-state index < -0.39 is 0 Å². The highest BCUT2D eigenvalue weighted by atomic mass is 32.1. The highest BCUT2D eigenvalue weighted by molar-refractivity contribution is 7.13. The van der Waals surface area contributed by atoms with Crippen molar-refractivity contribution < 1.29 is 9.59 Å². The molecule has 3 heterocycles. The molecule has 1 aromatic carbocycles. The predicted octanol–water partition coefficient (Wildman–Crippen LogP) is 3.28. The summed E-state index contributed by atoms with van der Waals surface area (Å²) in [6, 6.07) is 7.73. The molecule has 0 unspecified atom stereocenters. The van der Waals surface area contributed by atoms with Gasteiger partial charge in [0.25, 0.3) is 5.91 Å². The Kier molecular flexibility index (Phi) is 5.19. The van der Waals surface area contributed by atoms with Crippen LogP contribution in [-0.2, 0) is 17.8 Å². The normalized spacial score (nSPS) is 13.7. The third-order valence-corrected chi connectivity index (χ3v) is 6.08. The molecule has 150 valence electrons. The first-order valence-corrected chi connectivity index (χ1v) is 10.4. The first-order valence-electron chi connectivity index (χ1n) is 9.58. The van der Waals surface area contributed by atoms with E-state index in [2.05, 4.69) is 19.9 Å². The largest absolute Gasteiger partial charge is 0.336 e. The van der Waals surface area contributed by atoms with Gasteiger partial charge in [0, 0.05) is 38.7 Å². The minimum atomic E-state index is -0.0906. The second kappa shape index (κ2) is 7.79. The first-order chi connectivity index (χ1) is 13.9. The number of carbonyl (C=O) groups excluding carboxylic acids is 2. The van der Waals surface area contributed by atoms with E-state index in [4.69, 9.17) is 0 Å². The zero-order valence-corrected chi connectivity index (χ0v) is 17.5. The molecule has 1 aliphatic rings. The van der Waals surface area contributed by atoms with Gasteiger partial charge in [-0.25, -0.2) is 9.97 Å². The quantitative estimate of drug-likeness (QED) is 0.720. The Labute approximate surface area is 173 Å². The Morgan fingerprint density at radius 1 is 1.10 bits per heavy atom. The van der Waals surface area contributed by atoms with Gasteiger partial charge in [0.1, 0.15) is 10.7 Å². The Morgan fingerprint density at radius 2 is 1.86 bits per heavy atom. The molecule has 0 fully saturated rings.